The van der Waals surface area contributed by atoms with Gasteiger partial charge >= 0.3 is 0 Å². The SMILES string of the molecule is OCCOCCOCCOCCOCCOCCOCCOCCOCCOCCOCCOCCOCCOCCOCCOCCOCCOCCOc1ccc(C=Cc2ccccc2)c(C=Cc2ccccc2)c1C=Cc1ccccc1. The van der Waals surface area contributed by atoms with Gasteiger partial charge in [-0.3, -0.25) is 0 Å². The number of hydrogen-bond donors (Lipinski definition) is 1. The Morgan fingerprint density at radius 1 is 0.212 bits per heavy atom. The summed E-state index contributed by atoms with van der Waals surface area (Å²) >= 11 is 0. The highest BCUT2D eigenvalue weighted by atomic mass is 16.6. The van der Waals surface area contributed by atoms with Crippen molar-refractivity contribution in [3.05, 3.63) is 137 Å². The van der Waals surface area contributed by atoms with Crippen LogP contribution < -0.4 is 4.74 Å². The lowest BCUT2D eigenvalue weighted by Gasteiger charge is -2.15. The molecule has 0 radical (unpaired) electrons. The third-order valence-electron chi connectivity index (χ3n) is 11.7. The normalized spacial score (nSPS) is 11.8. The molecule has 0 amide bonds. The van der Waals surface area contributed by atoms with Gasteiger partial charge in [0.05, 0.1) is 231 Å². The van der Waals surface area contributed by atoms with Crippen LogP contribution in [0.1, 0.15) is 33.4 Å². The molecule has 4 rings (SSSR count). The third-order valence-corrected chi connectivity index (χ3v) is 11.7. The van der Waals surface area contributed by atoms with Crippen LogP contribution in [0.4, 0.5) is 0 Å². The summed E-state index contributed by atoms with van der Waals surface area (Å²) in [5.41, 5.74) is 6.47. The van der Waals surface area contributed by atoms with Crippen LogP contribution in [-0.4, -0.2) is 243 Å². The lowest BCUT2D eigenvalue weighted by Crippen LogP contribution is -2.16. The fourth-order valence-electron chi connectivity index (χ4n) is 7.40. The van der Waals surface area contributed by atoms with Crippen LogP contribution >= 0.6 is 0 Å². The molecule has 0 aliphatic heterocycles. The van der Waals surface area contributed by atoms with E-state index in [9.17, 15) is 0 Å². The fraction of sp³-hybridized carbons (Fsp3) is 0.545. The van der Waals surface area contributed by atoms with Crippen LogP contribution in [0.25, 0.3) is 36.5 Å². The molecule has 85 heavy (non-hydrogen) atoms. The molecule has 1 N–H and O–H groups in total. The minimum absolute atomic E-state index is 0.0180. The van der Waals surface area contributed by atoms with E-state index in [0.717, 1.165) is 39.1 Å². The highest BCUT2D eigenvalue weighted by Crippen LogP contribution is 2.31. The first-order valence-corrected chi connectivity index (χ1v) is 29.7. The summed E-state index contributed by atoms with van der Waals surface area (Å²) in [6.45, 7) is 16.6. The van der Waals surface area contributed by atoms with Crippen LogP contribution in [-0.2, 0) is 80.5 Å². The molecule has 0 aliphatic rings. The molecule has 0 aliphatic carbocycles. The molecule has 19 nitrogen and oxygen atoms in total. The Bertz CT molecular complexity index is 2170. The van der Waals surface area contributed by atoms with Crippen LogP contribution in [0.3, 0.4) is 0 Å². The highest BCUT2D eigenvalue weighted by molar-refractivity contribution is 5.87. The second-order valence-electron chi connectivity index (χ2n) is 18.2. The van der Waals surface area contributed by atoms with E-state index in [-0.39, 0.29) is 6.61 Å². The smallest absolute Gasteiger partial charge is 0.127 e. The highest BCUT2D eigenvalue weighted by Gasteiger charge is 2.11. The van der Waals surface area contributed by atoms with Gasteiger partial charge in [0.25, 0.3) is 0 Å². The van der Waals surface area contributed by atoms with Crippen molar-refractivity contribution in [3.63, 3.8) is 0 Å². The summed E-state index contributed by atoms with van der Waals surface area (Å²) in [5, 5.41) is 8.62. The van der Waals surface area contributed by atoms with E-state index in [1.807, 2.05) is 60.7 Å². The van der Waals surface area contributed by atoms with Crippen molar-refractivity contribution >= 4 is 36.5 Å². The molecule has 474 valence electrons. The van der Waals surface area contributed by atoms with E-state index in [0.29, 0.717) is 231 Å². The van der Waals surface area contributed by atoms with Gasteiger partial charge in [-0.2, -0.15) is 0 Å². The minimum Gasteiger partial charge on any atom is -0.491 e. The second kappa shape index (κ2) is 55.7. The minimum atomic E-state index is 0.0180. The molecule has 0 fully saturated rings. The quantitative estimate of drug-likeness (QED) is 0.0332. The van der Waals surface area contributed by atoms with E-state index in [4.69, 9.17) is 90.4 Å². The maximum absolute atomic E-state index is 8.62. The summed E-state index contributed by atoms with van der Waals surface area (Å²) in [6, 6.07) is 35.0. The van der Waals surface area contributed by atoms with Gasteiger partial charge in [-0.25, -0.2) is 0 Å². The van der Waals surface area contributed by atoms with Crippen molar-refractivity contribution in [1.29, 1.82) is 0 Å². The van der Waals surface area contributed by atoms with E-state index >= 15 is 0 Å². The van der Waals surface area contributed by atoms with Crippen LogP contribution in [0.2, 0.25) is 0 Å². The molecular weight excluding hydrogens is 1100 g/mol. The van der Waals surface area contributed by atoms with Crippen LogP contribution in [0.5, 0.6) is 5.75 Å². The molecule has 0 saturated carbocycles. The predicted molar refractivity (Wildman–Crippen MR) is 329 cm³/mol. The van der Waals surface area contributed by atoms with Gasteiger partial charge in [0.2, 0.25) is 0 Å². The van der Waals surface area contributed by atoms with Crippen molar-refractivity contribution in [2.45, 2.75) is 0 Å². The van der Waals surface area contributed by atoms with Crippen LogP contribution in [0.15, 0.2) is 103 Å². The number of benzene rings is 4. The van der Waals surface area contributed by atoms with Crippen molar-refractivity contribution in [3.8, 4) is 5.75 Å². The van der Waals surface area contributed by atoms with Crippen molar-refractivity contribution < 1.29 is 90.4 Å². The summed E-state index contributed by atoms with van der Waals surface area (Å²) in [5.74, 6) is 0.779. The first-order chi connectivity index (χ1) is 42.3. The van der Waals surface area contributed by atoms with Crippen LogP contribution in [0, 0.1) is 0 Å². The van der Waals surface area contributed by atoms with Crippen molar-refractivity contribution in [2.75, 3.05) is 238 Å². The van der Waals surface area contributed by atoms with Crippen molar-refractivity contribution in [1.82, 2.24) is 0 Å². The number of aliphatic hydroxyl groups is 1. The lowest BCUT2D eigenvalue weighted by atomic mass is 9.96. The Labute approximate surface area is 505 Å². The van der Waals surface area contributed by atoms with Gasteiger partial charge in [0.1, 0.15) is 12.4 Å². The van der Waals surface area contributed by atoms with Gasteiger partial charge in [0, 0.05) is 5.56 Å². The number of ether oxygens (including phenoxy) is 18. The average molecular weight is 1190 g/mol. The summed E-state index contributed by atoms with van der Waals surface area (Å²) < 4.78 is 100. The van der Waals surface area contributed by atoms with Gasteiger partial charge in [-0.1, -0.05) is 134 Å². The number of aliphatic hydroxyl groups excluding tert-OH is 1. The molecule has 0 unspecified atom stereocenters. The zero-order chi connectivity index (χ0) is 59.5. The van der Waals surface area contributed by atoms with Gasteiger partial charge in [-0.05, 0) is 33.9 Å². The van der Waals surface area contributed by atoms with Gasteiger partial charge < -0.3 is 90.4 Å². The Morgan fingerprint density at radius 3 is 0.694 bits per heavy atom. The number of rotatable bonds is 60. The van der Waals surface area contributed by atoms with E-state index in [1.54, 1.807) is 0 Å². The number of hydrogen-bond acceptors (Lipinski definition) is 19. The molecule has 0 bridgehead atoms. The second-order valence-corrected chi connectivity index (χ2v) is 18.2. The molecule has 0 saturated heterocycles. The standard InChI is InChI=1S/C66H96O19/c67-24-25-68-26-27-69-28-29-70-30-31-71-32-33-72-34-35-73-36-37-74-38-39-75-40-41-76-42-43-77-44-45-78-46-47-79-48-49-80-50-51-81-52-53-82-54-55-83-56-57-84-58-59-85-66-23-20-63(19-16-60-10-4-1-5-11-60)64(21-17-61-12-6-2-7-13-61)65(66)22-18-62-14-8-3-9-15-62/h1-23,67H,24-59H2. The summed E-state index contributed by atoms with van der Waals surface area (Å²) in [7, 11) is 0. The average Bonchev–Trinajstić information content (AvgIpc) is 3.64. The van der Waals surface area contributed by atoms with E-state index < -0.39 is 0 Å². The Kier molecular flexibility index (Phi) is 47.6. The van der Waals surface area contributed by atoms with Gasteiger partial charge in [0.15, 0.2) is 0 Å². The third kappa shape index (κ3) is 41.8. The maximum Gasteiger partial charge on any atom is 0.127 e. The molecule has 4 aromatic carbocycles. The summed E-state index contributed by atoms with van der Waals surface area (Å²) in [6.07, 6.45) is 12.8. The largest absolute Gasteiger partial charge is 0.491 e. The topological polar surface area (TPSA) is 186 Å². The Hall–Kier alpha value is -4.82. The monoisotopic (exact) mass is 1190 g/mol. The molecule has 0 aromatic heterocycles. The molecule has 4 aromatic rings. The molecule has 0 spiro atoms. The Balaban J connectivity index is 0.841. The zero-order valence-corrected chi connectivity index (χ0v) is 50.0. The molecule has 0 heterocycles. The first kappa shape index (κ1) is 72.7. The molecule has 19 heteroatoms. The first-order valence-electron chi connectivity index (χ1n) is 29.7. The van der Waals surface area contributed by atoms with E-state index in [1.165, 1.54) is 0 Å². The van der Waals surface area contributed by atoms with E-state index in [2.05, 4.69) is 78.9 Å². The van der Waals surface area contributed by atoms with Gasteiger partial charge in [-0.15, -0.1) is 0 Å². The summed E-state index contributed by atoms with van der Waals surface area (Å²) in [4.78, 5) is 0. The molecular formula is C66H96O19. The maximum atomic E-state index is 8.62. The fourth-order valence-corrected chi connectivity index (χ4v) is 7.40. The zero-order valence-electron chi connectivity index (χ0n) is 50.0. The Morgan fingerprint density at radius 2 is 0.435 bits per heavy atom. The van der Waals surface area contributed by atoms with Crippen molar-refractivity contribution in [2.24, 2.45) is 0 Å². The lowest BCUT2D eigenvalue weighted by molar-refractivity contribution is -0.0309. The predicted octanol–water partition coefficient (Wildman–Crippen LogP) is 7.85. The molecule has 0 atom stereocenters.